The van der Waals surface area contributed by atoms with Crippen LogP contribution in [0.15, 0.2) is 12.4 Å². The van der Waals surface area contributed by atoms with Crippen molar-refractivity contribution in [1.29, 1.82) is 0 Å². The van der Waals surface area contributed by atoms with Gasteiger partial charge in [-0.1, -0.05) is 6.92 Å². The zero-order chi connectivity index (χ0) is 9.14. The van der Waals surface area contributed by atoms with Crippen LogP contribution in [0.25, 0.3) is 0 Å². The first-order valence-corrected chi connectivity index (χ1v) is 4.58. The Morgan fingerprint density at radius 1 is 1.92 bits per heavy atom. The summed E-state index contributed by atoms with van der Waals surface area (Å²) in [7, 11) is 0. The summed E-state index contributed by atoms with van der Waals surface area (Å²) in [4.78, 5) is 10.5. The predicted octanol–water partition coefficient (Wildman–Crippen LogP) is 1.21. The van der Waals surface area contributed by atoms with Crippen molar-refractivity contribution >= 4 is 28.6 Å². The minimum absolute atomic E-state index is 0.388. The summed E-state index contributed by atoms with van der Waals surface area (Å²) in [6.45, 7) is 2.09. The molecular weight excluding hydrogens is 271 g/mol. The van der Waals surface area contributed by atoms with Gasteiger partial charge in [-0.05, 0) is 22.6 Å². The fourth-order valence-electron chi connectivity index (χ4n) is 0.797. The van der Waals surface area contributed by atoms with Crippen LogP contribution in [0.1, 0.15) is 6.92 Å². The molecule has 0 unspecified atom stereocenters. The average Bonchev–Trinajstić information content (AvgIpc) is 2.35. The Bertz CT molecular complexity index is 285. The van der Waals surface area contributed by atoms with Crippen LogP contribution in [0, 0.1) is 9.49 Å². The number of rotatable bonds is 3. The lowest BCUT2D eigenvalue weighted by atomic mass is 10.2. The maximum Gasteiger partial charge on any atom is 0.308 e. The monoisotopic (exact) mass is 280 g/mol. The van der Waals surface area contributed by atoms with E-state index in [9.17, 15) is 4.79 Å². The number of aromatic nitrogens is 2. The van der Waals surface area contributed by atoms with Gasteiger partial charge in [0.15, 0.2) is 0 Å². The number of carboxylic acid groups (broad SMARTS) is 1. The first-order chi connectivity index (χ1) is 5.59. The number of halogens is 1. The molecule has 5 heteroatoms. The molecule has 4 nitrogen and oxygen atoms in total. The first kappa shape index (κ1) is 9.50. The normalized spacial score (nSPS) is 12.8. The second-order valence-corrected chi connectivity index (χ2v) is 3.87. The van der Waals surface area contributed by atoms with E-state index in [2.05, 4.69) is 27.7 Å². The van der Waals surface area contributed by atoms with E-state index in [1.54, 1.807) is 17.8 Å². The summed E-state index contributed by atoms with van der Waals surface area (Å²) in [5.41, 5.74) is 0. The second-order valence-electron chi connectivity index (χ2n) is 2.62. The lowest BCUT2D eigenvalue weighted by Crippen LogP contribution is -2.16. The Labute approximate surface area is 83.7 Å². The average molecular weight is 280 g/mol. The molecule has 1 aromatic heterocycles. The van der Waals surface area contributed by atoms with Gasteiger partial charge >= 0.3 is 5.97 Å². The van der Waals surface area contributed by atoms with Crippen molar-refractivity contribution in [3.8, 4) is 0 Å². The molecule has 0 saturated heterocycles. The third kappa shape index (κ3) is 2.47. The molecule has 12 heavy (non-hydrogen) atoms. The minimum atomic E-state index is -0.791. The molecule has 0 amide bonds. The Morgan fingerprint density at radius 3 is 3.00 bits per heavy atom. The van der Waals surface area contributed by atoms with Crippen molar-refractivity contribution in [1.82, 2.24) is 9.78 Å². The van der Waals surface area contributed by atoms with Crippen LogP contribution in [0.5, 0.6) is 0 Å². The van der Waals surface area contributed by atoms with Crippen molar-refractivity contribution in [2.24, 2.45) is 5.92 Å². The highest BCUT2D eigenvalue weighted by Gasteiger charge is 2.11. The van der Waals surface area contributed by atoms with E-state index in [0.29, 0.717) is 6.54 Å². The van der Waals surface area contributed by atoms with Crippen molar-refractivity contribution in [2.45, 2.75) is 13.5 Å². The number of carboxylic acids is 1. The van der Waals surface area contributed by atoms with Gasteiger partial charge in [0, 0.05) is 6.20 Å². The number of hydrogen-bond donors (Lipinski definition) is 1. The Morgan fingerprint density at radius 2 is 2.58 bits per heavy atom. The SMILES string of the molecule is C[C@H](Cn1cc(I)cn1)C(=O)O. The summed E-state index contributed by atoms with van der Waals surface area (Å²) in [6.07, 6.45) is 3.52. The molecule has 1 atom stereocenters. The Balaban J connectivity index is 2.58. The van der Waals surface area contributed by atoms with Gasteiger partial charge in [-0.25, -0.2) is 0 Å². The molecule has 1 aromatic rings. The molecule has 0 spiro atoms. The van der Waals surface area contributed by atoms with Gasteiger partial charge in [0.05, 0.1) is 22.2 Å². The molecule has 0 radical (unpaired) electrons. The van der Waals surface area contributed by atoms with Crippen LogP contribution in [-0.4, -0.2) is 20.9 Å². The topological polar surface area (TPSA) is 55.1 Å². The summed E-state index contributed by atoms with van der Waals surface area (Å²) in [5, 5.41) is 12.6. The molecule has 1 N–H and O–H groups in total. The largest absolute Gasteiger partial charge is 0.481 e. The number of hydrogen-bond acceptors (Lipinski definition) is 2. The Hall–Kier alpha value is -0.590. The highest BCUT2D eigenvalue weighted by atomic mass is 127. The molecule has 0 aliphatic rings. The van der Waals surface area contributed by atoms with E-state index < -0.39 is 5.97 Å². The van der Waals surface area contributed by atoms with Crippen molar-refractivity contribution in [3.05, 3.63) is 16.0 Å². The Kier molecular flexibility index (Phi) is 3.07. The van der Waals surface area contributed by atoms with E-state index in [1.807, 2.05) is 6.20 Å². The molecule has 1 rings (SSSR count). The van der Waals surface area contributed by atoms with Gasteiger partial charge in [0.2, 0.25) is 0 Å². The molecule has 66 valence electrons. The smallest absolute Gasteiger partial charge is 0.308 e. The molecule has 0 aliphatic heterocycles. The fourth-order valence-corrected chi connectivity index (χ4v) is 1.24. The van der Waals surface area contributed by atoms with Crippen molar-refractivity contribution < 1.29 is 9.90 Å². The highest BCUT2D eigenvalue weighted by molar-refractivity contribution is 14.1. The molecule has 0 aromatic carbocycles. The van der Waals surface area contributed by atoms with E-state index in [0.717, 1.165) is 3.57 Å². The lowest BCUT2D eigenvalue weighted by molar-refractivity contribution is -0.141. The van der Waals surface area contributed by atoms with E-state index in [-0.39, 0.29) is 5.92 Å². The fraction of sp³-hybridized carbons (Fsp3) is 0.429. The van der Waals surface area contributed by atoms with Crippen LogP contribution in [0.3, 0.4) is 0 Å². The van der Waals surface area contributed by atoms with Gasteiger partial charge in [-0.3, -0.25) is 9.48 Å². The van der Waals surface area contributed by atoms with Crippen molar-refractivity contribution in [2.75, 3.05) is 0 Å². The third-order valence-corrected chi connectivity index (χ3v) is 2.04. The van der Waals surface area contributed by atoms with Gasteiger partial charge in [-0.2, -0.15) is 5.10 Å². The number of carbonyl (C=O) groups is 1. The molecule has 1 heterocycles. The van der Waals surface area contributed by atoms with Crippen LogP contribution in [0.4, 0.5) is 0 Å². The highest BCUT2D eigenvalue weighted by Crippen LogP contribution is 2.04. The van der Waals surface area contributed by atoms with Crippen LogP contribution in [0.2, 0.25) is 0 Å². The zero-order valence-electron chi connectivity index (χ0n) is 6.57. The van der Waals surface area contributed by atoms with Gasteiger partial charge in [0.25, 0.3) is 0 Å². The van der Waals surface area contributed by atoms with Gasteiger partial charge < -0.3 is 5.11 Å². The maximum absolute atomic E-state index is 10.5. The summed E-state index contributed by atoms with van der Waals surface area (Å²) in [5.74, 6) is -1.18. The van der Waals surface area contributed by atoms with Crippen LogP contribution in [-0.2, 0) is 11.3 Å². The quantitative estimate of drug-likeness (QED) is 0.847. The summed E-state index contributed by atoms with van der Waals surface area (Å²) < 4.78 is 2.66. The first-order valence-electron chi connectivity index (χ1n) is 3.50. The van der Waals surface area contributed by atoms with Crippen LogP contribution < -0.4 is 0 Å². The lowest BCUT2D eigenvalue weighted by Gasteiger charge is -2.04. The molecular formula is C7H9IN2O2. The molecule has 0 aliphatic carbocycles. The maximum atomic E-state index is 10.5. The van der Waals surface area contributed by atoms with Gasteiger partial charge in [0.1, 0.15) is 0 Å². The predicted molar refractivity (Wildman–Crippen MR) is 51.7 cm³/mol. The third-order valence-electron chi connectivity index (χ3n) is 1.48. The molecule has 0 bridgehead atoms. The van der Waals surface area contributed by atoms with E-state index in [4.69, 9.17) is 5.11 Å². The van der Waals surface area contributed by atoms with E-state index in [1.165, 1.54) is 0 Å². The summed E-state index contributed by atoms with van der Waals surface area (Å²) in [6, 6.07) is 0. The molecule has 0 saturated carbocycles. The minimum Gasteiger partial charge on any atom is -0.481 e. The number of nitrogens with zero attached hydrogens (tertiary/aromatic N) is 2. The van der Waals surface area contributed by atoms with Crippen molar-refractivity contribution in [3.63, 3.8) is 0 Å². The number of aliphatic carboxylic acids is 1. The second kappa shape index (κ2) is 3.88. The zero-order valence-corrected chi connectivity index (χ0v) is 8.72. The van der Waals surface area contributed by atoms with E-state index >= 15 is 0 Å². The van der Waals surface area contributed by atoms with Gasteiger partial charge in [-0.15, -0.1) is 0 Å². The van der Waals surface area contributed by atoms with Crippen LogP contribution >= 0.6 is 22.6 Å². The molecule has 0 fully saturated rings. The summed E-state index contributed by atoms with van der Waals surface area (Å²) >= 11 is 2.13. The standard InChI is InChI=1S/C7H9IN2O2/c1-5(7(11)12)3-10-4-6(8)2-9-10/h2,4-5H,3H2,1H3,(H,11,12)/t5-/m1/s1.